The number of hydrogen-bond acceptors (Lipinski definition) is 7. The van der Waals surface area contributed by atoms with Crippen molar-refractivity contribution in [3.05, 3.63) is 91.9 Å². The molecule has 1 unspecified atom stereocenters. The van der Waals surface area contributed by atoms with Gasteiger partial charge in [0, 0.05) is 15.3 Å². The van der Waals surface area contributed by atoms with Crippen LogP contribution < -0.4 is 25.4 Å². The van der Waals surface area contributed by atoms with E-state index in [1.807, 2.05) is 67.8 Å². The summed E-state index contributed by atoms with van der Waals surface area (Å²) in [5.74, 6) is 0.720. The van der Waals surface area contributed by atoms with E-state index < -0.39 is 6.17 Å². The number of benzene rings is 3. The minimum atomic E-state index is -0.623. The highest BCUT2D eigenvalue weighted by Gasteiger charge is 2.35. The van der Waals surface area contributed by atoms with Gasteiger partial charge in [-0.15, -0.1) is 5.10 Å². The van der Waals surface area contributed by atoms with Gasteiger partial charge in [0.05, 0.1) is 17.0 Å². The fourth-order valence-corrected chi connectivity index (χ4v) is 5.03. The fourth-order valence-electron chi connectivity index (χ4n) is 4.03. The van der Waals surface area contributed by atoms with Crippen LogP contribution in [0.1, 0.15) is 24.2 Å². The molecule has 2 aliphatic heterocycles. The summed E-state index contributed by atoms with van der Waals surface area (Å²) in [7, 11) is 0. The van der Waals surface area contributed by atoms with Gasteiger partial charge < -0.3 is 9.47 Å². The van der Waals surface area contributed by atoms with E-state index in [1.54, 1.807) is 11.1 Å². The van der Waals surface area contributed by atoms with Gasteiger partial charge in [-0.2, -0.15) is 0 Å². The Balaban J connectivity index is 1.61. The number of ether oxygens (including phenoxy) is 2. The summed E-state index contributed by atoms with van der Waals surface area (Å²) in [6.07, 6.45) is 1.23. The number of carbonyl (C=O) groups excluding carboxylic acids is 1. The van der Waals surface area contributed by atoms with E-state index in [4.69, 9.17) is 26.1 Å². The van der Waals surface area contributed by atoms with Gasteiger partial charge in [-0.25, -0.2) is 5.01 Å². The molecule has 5 rings (SSSR count). The smallest absolute Gasteiger partial charge is 0.276 e. The molecule has 2 aliphatic rings. The lowest BCUT2D eigenvalue weighted by Gasteiger charge is -2.34. The Morgan fingerprint density at radius 1 is 1.14 bits per heavy atom. The first-order valence-corrected chi connectivity index (χ1v) is 13.6. The quantitative estimate of drug-likeness (QED) is 0.458. The topological polar surface area (TPSA) is 75.5 Å². The normalized spacial score (nSPS) is 16.4. The molecule has 3 aromatic carbocycles. The summed E-state index contributed by atoms with van der Waals surface area (Å²) in [6.45, 7) is 2.68. The van der Waals surface area contributed by atoms with E-state index >= 15 is 0 Å². The van der Waals surface area contributed by atoms with Crippen molar-refractivity contribution < 1.29 is 14.3 Å². The molecule has 0 aromatic heterocycles. The minimum Gasteiger partial charge on any atom is -0.490 e. The van der Waals surface area contributed by atoms with E-state index in [1.165, 1.54) is 11.8 Å². The molecule has 0 saturated carbocycles. The fraction of sp³-hybridized carbons (Fsp3) is 0.192. The number of nitrogens with one attached hydrogen (secondary N) is 1. The SMILES string of the molecule is CCOc1cc(C2N=c3ccc(Br)cc3=C3C(=O)NC(SC)=NN32)cc(Cl)c1OCc1ccccc1. The van der Waals surface area contributed by atoms with Crippen LogP contribution in [0.15, 0.2) is 75.2 Å². The van der Waals surface area contributed by atoms with E-state index in [9.17, 15) is 4.79 Å². The van der Waals surface area contributed by atoms with Crippen molar-refractivity contribution in [3.8, 4) is 11.5 Å². The van der Waals surface area contributed by atoms with Crippen molar-refractivity contribution in [2.24, 2.45) is 10.1 Å². The van der Waals surface area contributed by atoms with Crippen LogP contribution >= 0.6 is 39.3 Å². The maximum atomic E-state index is 13.1. The molecule has 0 spiro atoms. The Labute approximate surface area is 226 Å². The van der Waals surface area contributed by atoms with Gasteiger partial charge in [0.1, 0.15) is 12.3 Å². The third-order valence-corrected chi connectivity index (χ3v) is 6.96. The van der Waals surface area contributed by atoms with E-state index in [2.05, 4.69) is 26.3 Å². The molecule has 10 heteroatoms. The van der Waals surface area contributed by atoms with Gasteiger partial charge in [-0.1, -0.05) is 69.6 Å². The largest absolute Gasteiger partial charge is 0.490 e. The highest BCUT2D eigenvalue weighted by atomic mass is 79.9. The molecule has 1 N–H and O–H groups in total. The molecular weight excluding hydrogens is 564 g/mol. The minimum absolute atomic E-state index is 0.243. The third kappa shape index (κ3) is 4.83. The Kier molecular flexibility index (Phi) is 7.22. The van der Waals surface area contributed by atoms with Crippen molar-refractivity contribution >= 4 is 56.1 Å². The molecule has 36 heavy (non-hydrogen) atoms. The molecule has 3 aromatic rings. The lowest BCUT2D eigenvalue weighted by molar-refractivity contribution is -0.116. The van der Waals surface area contributed by atoms with E-state index in [0.717, 1.165) is 15.6 Å². The zero-order valence-electron chi connectivity index (χ0n) is 19.5. The van der Waals surface area contributed by atoms with Gasteiger partial charge in [0.15, 0.2) is 22.8 Å². The maximum absolute atomic E-state index is 13.1. The first-order valence-electron chi connectivity index (χ1n) is 11.2. The number of nitrogens with zero attached hydrogens (tertiary/aromatic N) is 3. The van der Waals surface area contributed by atoms with E-state index in [-0.39, 0.29) is 5.91 Å². The number of amides is 1. The van der Waals surface area contributed by atoms with Crippen molar-refractivity contribution in [1.82, 2.24) is 10.3 Å². The van der Waals surface area contributed by atoms with Crippen LogP contribution in [0.5, 0.6) is 11.5 Å². The molecule has 7 nitrogen and oxygen atoms in total. The van der Waals surface area contributed by atoms with E-state index in [0.29, 0.717) is 51.2 Å². The Bertz CT molecular complexity index is 1480. The van der Waals surface area contributed by atoms with Crippen LogP contribution in [0.25, 0.3) is 5.70 Å². The third-order valence-electron chi connectivity index (χ3n) is 5.62. The number of carbonyl (C=O) groups is 1. The molecule has 0 radical (unpaired) electrons. The van der Waals surface area contributed by atoms with Crippen LogP contribution in [0, 0.1) is 0 Å². The molecule has 1 atom stereocenters. The summed E-state index contributed by atoms with van der Waals surface area (Å²) in [5.41, 5.74) is 2.16. The van der Waals surface area contributed by atoms with Crippen molar-refractivity contribution in [1.29, 1.82) is 0 Å². The molecule has 0 saturated heterocycles. The first kappa shape index (κ1) is 24.7. The lowest BCUT2D eigenvalue weighted by Crippen LogP contribution is -2.50. The number of fused-ring (bicyclic) bond motifs is 2. The summed E-state index contributed by atoms with van der Waals surface area (Å²) in [5, 5.41) is 11.4. The lowest BCUT2D eigenvalue weighted by atomic mass is 10.1. The second kappa shape index (κ2) is 10.5. The second-order valence-electron chi connectivity index (χ2n) is 7.96. The zero-order valence-corrected chi connectivity index (χ0v) is 22.7. The maximum Gasteiger partial charge on any atom is 0.276 e. The van der Waals surface area contributed by atoms with Crippen LogP contribution in [-0.4, -0.2) is 28.9 Å². The Hall–Kier alpha value is -3.01. The number of amidine groups is 1. The zero-order chi connectivity index (χ0) is 25.2. The molecular formula is C26H22BrClN4O3S. The molecule has 0 aliphatic carbocycles. The molecule has 184 valence electrons. The molecule has 1 amide bonds. The number of thioether (sulfide) groups is 1. The number of hydrogen-bond donors (Lipinski definition) is 1. The highest BCUT2D eigenvalue weighted by molar-refractivity contribution is 9.10. The highest BCUT2D eigenvalue weighted by Crippen LogP contribution is 2.41. The summed E-state index contributed by atoms with van der Waals surface area (Å²) in [4.78, 5) is 18.1. The molecule has 2 heterocycles. The van der Waals surface area contributed by atoms with Crippen LogP contribution in [0.3, 0.4) is 0 Å². The number of rotatable bonds is 6. The second-order valence-corrected chi connectivity index (χ2v) is 10.1. The van der Waals surface area contributed by atoms with Gasteiger partial charge in [-0.3, -0.25) is 15.1 Å². The summed E-state index contributed by atoms with van der Waals surface area (Å²) >= 11 is 11.6. The summed E-state index contributed by atoms with van der Waals surface area (Å²) in [6, 6.07) is 19.1. The van der Waals surface area contributed by atoms with Gasteiger partial charge in [-0.05, 0) is 49.1 Å². The van der Waals surface area contributed by atoms with Crippen LogP contribution in [-0.2, 0) is 11.4 Å². The Morgan fingerprint density at radius 3 is 2.69 bits per heavy atom. The predicted molar refractivity (Wildman–Crippen MR) is 145 cm³/mol. The number of halogens is 2. The van der Waals surface area contributed by atoms with Crippen molar-refractivity contribution in [2.45, 2.75) is 19.7 Å². The Morgan fingerprint density at radius 2 is 1.94 bits per heavy atom. The van der Waals surface area contributed by atoms with Crippen molar-refractivity contribution in [3.63, 3.8) is 0 Å². The first-order chi connectivity index (χ1) is 17.5. The van der Waals surface area contributed by atoms with Crippen LogP contribution in [0.2, 0.25) is 5.02 Å². The van der Waals surface area contributed by atoms with Gasteiger partial charge in [0.25, 0.3) is 5.91 Å². The summed E-state index contributed by atoms with van der Waals surface area (Å²) < 4.78 is 12.8. The van der Waals surface area contributed by atoms with Gasteiger partial charge in [0.2, 0.25) is 0 Å². The number of hydrazone groups is 1. The van der Waals surface area contributed by atoms with Crippen molar-refractivity contribution in [2.75, 3.05) is 12.9 Å². The monoisotopic (exact) mass is 584 g/mol. The molecule has 0 bridgehead atoms. The average molecular weight is 586 g/mol. The standard InChI is InChI=1S/C26H22BrClN4O3S/c1-3-34-21-12-16(11-19(28)23(21)35-14-15-7-5-4-6-8-15)24-29-20-10-9-17(27)13-18(20)22-25(33)30-26(36-2)31-32(22)24/h4-13,24H,3,14H2,1-2H3,(H,30,31,33). The average Bonchev–Trinajstić information content (AvgIpc) is 2.88. The predicted octanol–water partition coefficient (Wildman–Crippen LogP) is 4.59. The molecule has 0 fully saturated rings. The van der Waals surface area contributed by atoms with Crippen LogP contribution in [0.4, 0.5) is 0 Å². The van der Waals surface area contributed by atoms with Gasteiger partial charge >= 0.3 is 0 Å².